The first kappa shape index (κ1) is 10.9. The summed E-state index contributed by atoms with van der Waals surface area (Å²) in [5.74, 6) is 1.72. The van der Waals surface area contributed by atoms with E-state index in [4.69, 9.17) is 0 Å². The number of anilines is 1. The lowest BCUT2D eigenvalue weighted by Gasteiger charge is -2.41. The Bertz CT molecular complexity index is 449. The van der Waals surface area contributed by atoms with Gasteiger partial charge in [0.05, 0.1) is 0 Å². The topological polar surface area (TPSA) is 12.0 Å². The molecule has 1 saturated carbocycles. The van der Waals surface area contributed by atoms with E-state index in [-0.39, 0.29) is 0 Å². The van der Waals surface area contributed by atoms with Crippen molar-refractivity contribution in [3.8, 4) is 0 Å². The van der Waals surface area contributed by atoms with Crippen LogP contribution in [0.25, 0.3) is 0 Å². The molecule has 1 aromatic rings. The zero-order chi connectivity index (χ0) is 12.0. The molecule has 90 valence electrons. The third kappa shape index (κ3) is 1.78. The van der Waals surface area contributed by atoms with Crippen LogP contribution in [0.15, 0.2) is 24.3 Å². The number of aryl methyl sites for hydroxylation is 3. The Morgan fingerprint density at radius 3 is 2.47 bits per heavy atom. The van der Waals surface area contributed by atoms with Gasteiger partial charge in [-0.1, -0.05) is 29.8 Å². The summed E-state index contributed by atoms with van der Waals surface area (Å²) >= 11 is 0. The van der Waals surface area contributed by atoms with Crippen molar-refractivity contribution < 1.29 is 0 Å². The van der Waals surface area contributed by atoms with E-state index >= 15 is 0 Å². The Kier molecular flexibility index (Phi) is 2.50. The van der Waals surface area contributed by atoms with E-state index in [9.17, 15) is 0 Å². The summed E-state index contributed by atoms with van der Waals surface area (Å²) in [6.07, 6.45) is 7.40. The second-order valence-corrected chi connectivity index (χ2v) is 5.76. The number of hydrogen-bond acceptors (Lipinski definition) is 1. The van der Waals surface area contributed by atoms with Crippen LogP contribution in [0, 0.1) is 32.6 Å². The van der Waals surface area contributed by atoms with E-state index in [1.807, 2.05) is 0 Å². The van der Waals surface area contributed by atoms with Gasteiger partial charge in [0.15, 0.2) is 0 Å². The predicted octanol–water partition coefficient (Wildman–Crippen LogP) is 3.99. The Labute approximate surface area is 104 Å². The highest BCUT2D eigenvalue weighted by atomic mass is 15.0. The highest BCUT2D eigenvalue weighted by molar-refractivity contribution is 5.59. The molecular weight excluding hydrogens is 206 g/mol. The number of hydrogen-bond donors (Lipinski definition) is 1. The van der Waals surface area contributed by atoms with E-state index in [2.05, 4.69) is 50.4 Å². The summed E-state index contributed by atoms with van der Waals surface area (Å²) in [6.45, 7) is 6.59. The molecule has 3 unspecified atom stereocenters. The Morgan fingerprint density at radius 1 is 1.12 bits per heavy atom. The smallest absolute Gasteiger partial charge is 0.0402 e. The van der Waals surface area contributed by atoms with E-state index in [0.717, 1.165) is 11.8 Å². The van der Waals surface area contributed by atoms with Crippen LogP contribution in [-0.2, 0) is 0 Å². The molecule has 3 rings (SSSR count). The highest BCUT2D eigenvalue weighted by Crippen LogP contribution is 2.44. The largest absolute Gasteiger partial charge is 0.381 e. The maximum atomic E-state index is 3.76. The van der Waals surface area contributed by atoms with Crippen molar-refractivity contribution in [1.29, 1.82) is 0 Å². The zero-order valence-corrected chi connectivity index (χ0v) is 11.0. The minimum atomic E-state index is 0.666. The van der Waals surface area contributed by atoms with Gasteiger partial charge in [-0.2, -0.15) is 0 Å². The second kappa shape index (κ2) is 3.90. The number of rotatable bonds is 2. The SMILES string of the molecule is Cc1cc(C)c(NC2CC3CC=CC32)c(C)c1. The molecule has 17 heavy (non-hydrogen) atoms. The third-order valence-corrected chi connectivity index (χ3v) is 4.37. The lowest BCUT2D eigenvalue weighted by atomic mass is 9.71. The molecule has 1 heteroatoms. The van der Waals surface area contributed by atoms with Crippen LogP contribution in [0.1, 0.15) is 29.5 Å². The lowest BCUT2D eigenvalue weighted by molar-refractivity contribution is 0.218. The molecule has 0 radical (unpaired) electrons. The quantitative estimate of drug-likeness (QED) is 0.753. The van der Waals surface area contributed by atoms with Gasteiger partial charge in [-0.15, -0.1) is 0 Å². The normalized spacial score (nSPS) is 29.9. The van der Waals surface area contributed by atoms with Gasteiger partial charge in [0.2, 0.25) is 0 Å². The molecular formula is C16H21N. The van der Waals surface area contributed by atoms with Crippen molar-refractivity contribution in [2.24, 2.45) is 11.8 Å². The minimum absolute atomic E-state index is 0.666. The Morgan fingerprint density at radius 2 is 1.82 bits per heavy atom. The summed E-state index contributed by atoms with van der Waals surface area (Å²) in [5.41, 5.74) is 5.48. The van der Waals surface area contributed by atoms with Gasteiger partial charge in [-0.25, -0.2) is 0 Å². The highest BCUT2D eigenvalue weighted by Gasteiger charge is 2.41. The monoisotopic (exact) mass is 227 g/mol. The average Bonchev–Trinajstić information content (AvgIpc) is 2.58. The molecule has 0 aliphatic heterocycles. The van der Waals surface area contributed by atoms with Crippen LogP contribution < -0.4 is 5.32 Å². The first-order valence-corrected chi connectivity index (χ1v) is 6.66. The van der Waals surface area contributed by atoms with Crippen LogP contribution in [0.5, 0.6) is 0 Å². The van der Waals surface area contributed by atoms with E-state index in [0.29, 0.717) is 6.04 Å². The van der Waals surface area contributed by atoms with Gasteiger partial charge in [0.1, 0.15) is 0 Å². The van der Waals surface area contributed by atoms with Crippen LogP contribution in [0.3, 0.4) is 0 Å². The average molecular weight is 227 g/mol. The van der Waals surface area contributed by atoms with Gasteiger partial charge in [-0.3, -0.25) is 0 Å². The fourth-order valence-electron chi connectivity index (χ4n) is 3.48. The van der Waals surface area contributed by atoms with Gasteiger partial charge in [0, 0.05) is 17.6 Å². The standard InChI is InChI=1S/C16H21N/c1-10-7-11(2)16(12(3)8-10)17-15-9-13-5-4-6-14(13)15/h4,6-8,13-15,17H,5,9H2,1-3H3. The number of nitrogens with one attached hydrogen (secondary N) is 1. The van der Waals surface area contributed by atoms with Crippen molar-refractivity contribution in [1.82, 2.24) is 0 Å². The lowest BCUT2D eigenvalue weighted by Crippen LogP contribution is -2.43. The molecule has 2 aliphatic rings. The van der Waals surface area contributed by atoms with E-state index in [1.165, 1.54) is 35.2 Å². The predicted molar refractivity (Wildman–Crippen MR) is 73.4 cm³/mol. The first-order chi connectivity index (χ1) is 8.15. The van der Waals surface area contributed by atoms with E-state index in [1.54, 1.807) is 0 Å². The third-order valence-electron chi connectivity index (χ3n) is 4.37. The summed E-state index contributed by atoms with van der Waals surface area (Å²) in [7, 11) is 0. The number of benzene rings is 1. The second-order valence-electron chi connectivity index (χ2n) is 5.76. The van der Waals surface area contributed by atoms with Crippen LogP contribution in [0.2, 0.25) is 0 Å². The molecule has 1 N–H and O–H groups in total. The maximum Gasteiger partial charge on any atom is 0.0402 e. The molecule has 0 saturated heterocycles. The molecule has 3 atom stereocenters. The molecule has 1 fully saturated rings. The fourth-order valence-corrected chi connectivity index (χ4v) is 3.48. The molecule has 0 bridgehead atoms. The van der Waals surface area contributed by atoms with Crippen molar-refractivity contribution in [3.05, 3.63) is 41.0 Å². The summed E-state index contributed by atoms with van der Waals surface area (Å²) in [6, 6.07) is 5.21. The molecule has 0 spiro atoms. The first-order valence-electron chi connectivity index (χ1n) is 6.66. The van der Waals surface area contributed by atoms with Crippen LogP contribution >= 0.6 is 0 Å². The zero-order valence-electron chi connectivity index (χ0n) is 11.0. The minimum Gasteiger partial charge on any atom is -0.381 e. The van der Waals surface area contributed by atoms with Crippen molar-refractivity contribution >= 4 is 5.69 Å². The van der Waals surface area contributed by atoms with Gasteiger partial charge in [-0.05, 0) is 50.7 Å². The van der Waals surface area contributed by atoms with Gasteiger partial charge >= 0.3 is 0 Å². The summed E-state index contributed by atoms with van der Waals surface area (Å²) < 4.78 is 0. The Hall–Kier alpha value is -1.24. The van der Waals surface area contributed by atoms with Gasteiger partial charge in [0.25, 0.3) is 0 Å². The summed E-state index contributed by atoms with van der Waals surface area (Å²) in [4.78, 5) is 0. The molecule has 0 amide bonds. The number of allylic oxidation sites excluding steroid dienone is 1. The van der Waals surface area contributed by atoms with Crippen molar-refractivity contribution in [2.45, 2.75) is 39.7 Å². The fraction of sp³-hybridized carbons (Fsp3) is 0.500. The molecule has 1 aromatic carbocycles. The maximum absolute atomic E-state index is 3.76. The number of fused-ring (bicyclic) bond motifs is 1. The summed E-state index contributed by atoms with van der Waals surface area (Å²) in [5, 5.41) is 3.76. The van der Waals surface area contributed by atoms with Gasteiger partial charge < -0.3 is 5.32 Å². The van der Waals surface area contributed by atoms with Crippen molar-refractivity contribution in [2.75, 3.05) is 5.32 Å². The molecule has 2 aliphatic carbocycles. The molecule has 0 aromatic heterocycles. The molecule has 1 nitrogen and oxygen atoms in total. The van der Waals surface area contributed by atoms with Crippen LogP contribution in [-0.4, -0.2) is 6.04 Å². The van der Waals surface area contributed by atoms with Crippen LogP contribution in [0.4, 0.5) is 5.69 Å². The molecule has 0 heterocycles. The van der Waals surface area contributed by atoms with Crippen molar-refractivity contribution in [3.63, 3.8) is 0 Å². The Balaban J connectivity index is 1.79. The van der Waals surface area contributed by atoms with E-state index < -0.39 is 0 Å².